The van der Waals surface area contributed by atoms with Crippen LogP contribution in [0, 0.1) is 17.3 Å². The van der Waals surface area contributed by atoms with E-state index < -0.39 is 17.5 Å². The first-order chi connectivity index (χ1) is 17.5. The van der Waals surface area contributed by atoms with Crippen molar-refractivity contribution in [1.82, 2.24) is 34.8 Å². The van der Waals surface area contributed by atoms with Crippen molar-refractivity contribution >= 4 is 28.4 Å². The molecule has 1 amide bonds. The lowest BCUT2D eigenvalue weighted by atomic mass is 10.1. The number of halogens is 1. The van der Waals surface area contributed by atoms with Crippen LogP contribution in [0.3, 0.4) is 0 Å². The summed E-state index contributed by atoms with van der Waals surface area (Å²) in [5, 5.41) is 16.7. The third kappa shape index (κ3) is 3.96. The molecule has 1 aromatic carbocycles. The second-order valence-corrected chi connectivity index (χ2v) is 8.25. The van der Waals surface area contributed by atoms with Gasteiger partial charge in [0.25, 0.3) is 11.7 Å². The molecule has 1 aliphatic heterocycles. The van der Waals surface area contributed by atoms with Crippen molar-refractivity contribution in [3.8, 4) is 12.0 Å². The summed E-state index contributed by atoms with van der Waals surface area (Å²) in [7, 11) is 0. The fourth-order valence-corrected chi connectivity index (χ4v) is 4.42. The second kappa shape index (κ2) is 9.38. The van der Waals surface area contributed by atoms with Crippen molar-refractivity contribution in [2.24, 2.45) is 4.99 Å². The molecular formula is C24H20FN9O2. The maximum Gasteiger partial charge on any atom is 0.295 e. The number of piperazine rings is 1. The average molecular weight is 485 g/mol. The first kappa shape index (κ1) is 22.9. The van der Waals surface area contributed by atoms with Gasteiger partial charge in [-0.15, -0.1) is 5.10 Å². The third-order valence-corrected chi connectivity index (χ3v) is 6.10. The fraction of sp³-hybridized carbons (Fsp3) is 0.208. The van der Waals surface area contributed by atoms with Crippen LogP contribution in [0.1, 0.15) is 22.8 Å². The first-order valence-electron chi connectivity index (χ1n) is 11.1. The molecule has 1 N–H and O–H groups in total. The highest BCUT2D eigenvalue weighted by Crippen LogP contribution is 2.26. The lowest BCUT2D eigenvalue weighted by molar-refractivity contribution is -0.130. The SMILES string of the molecule is C[C@@H]1CN(/C(=N\C#N)c2ccccc2)CCN1C(=O)C(=O)c1c[nH]c2c(-n3ccnn3)ncc(F)c12. The number of amidine groups is 1. The molecule has 36 heavy (non-hydrogen) atoms. The second-order valence-electron chi connectivity index (χ2n) is 8.25. The highest BCUT2D eigenvalue weighted by Gasteiger charge is 2.34. The number of amides is 1. The number of benzene rings is 1. The number of aliphatic imine (C=N–C) groups is 1. The van der Waals surface area contributed by atoms with Gasteiger partial charge in [0.05, 0.1) is 35.1 Å². The number of hydrogen-bond acceptors (Lipinski definition) is 7. The molecule has 5 rings (SSSR count). The number of H-pyrrole nitrogens is 1. The molecule has 0 aliphatic carbocycles. The Bertz CT molecular complexity index is 1510. The number of aromatic nitrogens is 5. The summed E-state index contributed by atoms with van der Waals surface area (Å²) in [5.74, 6) is -1.53. The van der Waals surface area contributed by atoms with E-state index in [1.165, 1.54) is 28.2 Å². The lowest BCUT2D eigenvalue weighted by Gasteiger charge is -2.40. The quantitative estimate of drug-likeness (QED) is 0.153. The highest BCUT2D eigenvalue weighted by molar-refractivity contribution is 6.45. The van der Waals surface area contributed by atoms with Crippen LogP contribution in [-0.4, -0.2) is 78.0 Å². The number of rotatable bonds is 4. The van der Waals surface area contributed by atoms with Crippen molar-refractivity contribution in [2.75, 3.05) is 19.6 Å². The molecular weight excluding hydrogens is 465 g/mol. The Morgan fingerprint density at radius 2 is 2.06 bits per heavy atom. The normalized spacial score (nSPS) is 16.2. The molecule has 1 atom stereocenters. The molecule has 0 spiro atoms. The summed E-state index contributed by atoms with van der Waals surface area (Å²) in [5.41, 5.74) is 0.935. The van der Waals surface area contributed by atoms with E-state index in [9.17, 15) is 19.2 Å². The minimum absolute atomic E-state index is 0.0346. The number of carbonyl (C=O) groups excluding carboxylic acids is 2. The van der Waals surface area contributed by atoms with Gasteiger partial charge in [0.1, 0.15) is 5.84 Å². The fourth-order valence-electron chi connectivity index (χ4n) is 4.42. The van der Waals surface area contributed by atoms with Crippen LogP contribution in [0.25, 0.3) is 16.7 Å². The van der Waals surface area contributed by atoms with Crippen molar-refractivity contribution in [2.45, 2.75) is 13.0 Å². The summed E-state index contributed by atoms with van der Waals surface area (Å²) in [6.07, 6.45) is 7.12. The van der Waals surface area contributed by atoms with E-state index in [2.05, 4.69) is 25.3 Å². The summed E-state index contributed by atoms with van der Waals surface area (Å²) in [6.45, 7) is 2.80. The Kier molecular flexibility index (Phi) is 5.95. The van der Waals surface area contributed by atoms with E-state index in [0.29, 0.717) is 18.9 Å². The van der Waals surface area contributed by atoms with E-state index in [-0.39, 0.29) is 34.9 Å². The number of nitrogens with zero attached hydrogens (tertiary/aromatic N) is 8. The molecule has 1 saturated heterocycles. The van der Waals surface area contributed by atoms with Gasteiger partial charge in [0, 0.05) is 37.4 Å². The molecule has 0 bridgehead atoms. The van der Waals surface area contributed by atoms with Crippen LogP contribution in [0.4, 0.5) is 4.39 Å². The lowest BCUT2D eigenvalue weighted by Crippen LogP contribution is -2.57. The predicted molar refractivity (Wildman–Crippen MR) is 127 cm³/mol. The molecule has 180 valence electrons. The van der Waals surface area contributed by atoms with E-state index in [1.807, 2.05) is 48.3 Å². The Hall–Kier alpha value is -4.92. The first-order valence-corrected chi connectivity index (χ1v) is 11.1. The van der Waals surface area contributed by atoms with Crippen LogP contribution in [0.5, 0.6) is 0 Å². The van der Waals surface area contributed by atoms with Gasteiger partial charge < -0.3 is 14.8 Å². The van der Waals surface area contributed by atoms with Gasteiger partial charge in [-0.1, -0.05) is 35.5 Å². The maximum atomic E-state index is 14.8. The number of carbonyl (C=O) groups is 2. The molecule has 11 nitrogen and oxygen atoms in total. The minimum atomic E-state index is -0.829. The van der Waals surface area contributed by atoms with Gasteiger partial charge in [0.2, 0.25) is 6.19 Å². The van der Waals surface area contributed by atoms with Crippen LogP contribution in [0.15, 0.2) is 60.1 Å². The van der Waals surface area contributed by atoms with Crippen molar-refractivity contribution < 1.29 is 14.0 Å². The van der Waals surface area contributed by atoms with Gasteiger partial charge in [-0.25, -0.2) is 14.1 Å². The zero-order valence-electron chi connectivity index (χ0n) is 19.2. The van der Waals surface area contributed by atoms with Crippen LogP contribution < -0.4 is 0 Å². The van der Waals surface area contributed by atoms with Gasteiger partial charge in [0.15, 0.2) is 11.6 Å². The number of nitrogens with one attached hydrogen (secondary N) is 1. The number of Topliss-reactive ketones (excluding diaryl/α,β-unsaturated/α-hetero) is 1. The number of pyridine rings is 1. The topological polar surface area (TPSA) is 136 Å². The largest absolute Gasteiger partial charge is 0.357 e. The third-order valence-electron chi connectivity index (χ3n) is 6.10. The van der Waals surface area contributed by atoms with Crippen molar-refractivity contribution in [3.63, 3.8) is 0 Å². The van der Waals surface area contributed by atoms with Crippen molar-refractivity contribution in [3.05, 3.63) is 72.1 Å². The Morgan fingerprint density at radius 1 is 1.25 bits per heavy atom. The number of aromatic amines is 1. The van der Waals surface area contributed by atoms with Gasteiger partial charge in [-0.2, -0.15) is 10.3 Å². The van der Waals surface area contributed by atoms with E-state index >= 15 is 0 Å². The number of fused-ring (bicyclic) bond motifs is 1. The van der Waals surface area contributed by atoms with Crippen molar-refractivity contribution in [1.29, 1.82) is 5.26 Å². The van der Waals surface area contributed by atoms with Crippen LogP contribution in [-0.2, 0) is 4.79 Å². The molecule has 12 heteroatoms. The Morgan fingerprint density at radius 3 is 2.75 bits per heavy atom. The zero-order chi connectivity index (χ0) is 25.2. The highest BCUT2D eigenvalue weighted by atomic mass is 19.1. The molecule has 1 aliphatic rings. The summed E-state index contributed by atoms with van der Waals surface area (Å²) in [4.78, 5) is 40.7. The molecule has 0 unspecified atom stereocenters. The Balaban J connectivity index is 1.39. The van der Waals surface area contributed by atoms with Crippen LogP contribution in [0.2, 0.25) is 0 Å². The molecule has 1 fully saturated rings. The number of nitriles is 1. The maximum absolute atomic E-state index is 14.8. The van der Waals surface area contributed by atoms with Gasteiger partial charge >= 0.3 is 0 Å². The molecule has 4 heterocycles. The van der Waals surface area contributed by atoms with Gasteiger partial charge in [-0.05, 0) is 6.92 Å². The Labute approximate surface area is 204 Å². The number of hydrogen-bond donors (Lipinski definition) is 1. The van der Waals surface area contributed by atoms with Gasteiger partial charge in [-0.3, -0.25) is 9.59 Å². The van der Waals surface area contributed by atoms with E-state index in [1.54, 1.807) is 0 Å². The monoisotopic (exact) mass is 485 g/mol. The van der Waals surface area contributed by atoms with E-state index in [4.69, 9.17) is 0 Å². The summed E-state index contributed by atoms with van der Waals surface area (Å²) >= 11 is 0. The average Bonchev–Trinajstić information content (AvgIpc) is 3.58. The smallest absolute Gasteiger partial charge is 0.295 e. The minimum Gasteiger partial charge on any atom is -0.357 e. The summed E-state index contributed by atoms with van der Waals surface area (Å²) in [6, 6.07) is 8.94. The van der Waals surface area contributed by atoms with E-state index in [0.717, 1.165) is 11.8 Å². The predicted octanol–water partition coefficient (Wildman–Crippen LogP) is 1.93. The zero-order valence-corrected chi connectivity index (χ0v) is 19.2. The van der Waals surface area contributed by atoms with Crippen LogP contribution >= 0.6 is 0 Å². The standard InChI is InChI=1S/C24H20FN9O2/c1-15-13-32(22(29-14-26)16-5-3-2-4-6-16)9-10-33(15)24(36)21(35)17-11-27-20-19(17)18(25)12-28-23(20)34-8-7-30-31-34/h2-8,11-12,15,27H,9-10,13H2,1H3/b29-22-/t15-/m1/s1. The molecule has 0 radical (unpaired) electrons. The number of ketones is 1. The summed E-state index contributed by atoms with van der Waals surface area (Å²) < 4.78 is 16.1. The molecule has 3 aromatic heterocycles. The molecule has 4 aromatic rings. The molecule has 0 saturated carbocycles.